The van der Waals surface area contributed by atoms with Crippen LogP contribution in [-0.2, 0) is 22.4 Å². The molecule has 28 heavy (non-hydrogen) atoms. The van der Waals surface area contributed by atoms with Crippen LogP contribution in [0.25, 0.3) is 6.08 Å². The lowest BCUT2D eigenvalue weighted by Gasteiger charge is -2.18. The van der Waals surface area contributed by atoms with E-state index in [2.05, 4.69) is 12.2 Å². The van der Waals surface area contributed by atoms with E-state index in [9.17, 15) is 14.9 Å². The van der Waals surface area contributed by atoms with Gasteiger partial charge in [-0.25, -0.2) is 4.79 Å². The van der Waals surface area contributed by atoms with E-state index in [0.29, 0.717) is 16.5 Å². The van der Waals surface area contributed by atoms with Gasteiger partial charge in [0.2, 0.25) is 0 Å². The number of nitrogens with one attached hydrogen (secondary N) is 1. The van der Waals surface area contributed by atoms with Gasteiger partial charge in [0.25, 0.3) is 5.91 Å². The zero-order chi connectivity index (χ0) is 20.1. The number of carbonyl (C=O) groups excluding carboxylic acids is 2. The summed E-state index contributed by atoms with van der Waals surface area (Å²) in [5.41, 5.74) is 2.17. The van der Waals surface area contributed by atoms with Gasteiger partial charge in [-0.3, -0.25) is 4.79 Å². The molecule has 1 aromatic carbocycles. The third-order valence-electron chi connectivity index (χ3n) is 4.69. The predicted octanol–water partition coefficient (Wildman–Crippen LogP) is 4.60. The molecule has 0 fully saturated rings. The van der Waals surface area contributed by atoms with E-state index in [-0.39, 0.29) is 12.2 Å². The topological polar surface area (TPSA) is 79.2 Å². The van der Waals surface area contributed by atoms with Gasteiger partial charge in [-0.05, 0) is 49.3 Å². The summed E-state index contributed by atoms with van der Waals surface area (Å²) < 4.78 is 5.22. The van der Waals surface area contributed by atoms with Crippen molar-refractivity contribution in [3.63, 3.8) is 0 Å². The minimum absolute atomic E-state index is 0.0132. The van der Waals surface area contributed by atoms with Gasteiger partial charge >= 0.3 is 5.97 Å². The Morgan fingerprint density at radius 2 is 2.11 bits per heavy atom. The van der Waals surface area contributed by atoms with Crippen molar-refractivity contribution < 1.29 is 14.3 Å². The normalized spacial score (nSPS) is 16.0. The Hall–Kier alpha value is -2.91. The van der Waals surface area contributed by atoms with Crippen LogP contribution >= 0.6 is 11.3 Å². The number of nitriles is 1. The maximum Gasteiger partial charge on any atom is 0.341 e. The van der Waals surface area contributed by atoms with Crippen LogP contribution in [0.3, 0.4) is 0 Å². The molecule has 0 saturated carbocycles. The molecule has 6 heteroatoms. The zero-order valence-corrected chi connectivity index (χ0v) is 16.8. The van der Waals surface area contributed by atoms with Crippen LogP contribution in [0.1, 0.15) is 46.6 Å². The number of ether oxygens (including phenoxy) is 1. The number of hydrogen-bond acceptors (Lipinski definition) is 5. The Morgan fingerprint density at radius 1 is 1.36 bits per heavy atom. The number of carbonyl (C=O) groups is 2. The van der Waals surface area contributed by atoms with Crippen LogP contribution in [0.5, 0.6) is 0 Å². The van der Waals surface area contributed by atoms with Crippen LogP contribution in [-0.4, -0.2) is 18.5 Å². The molecular formula is C22H22N2O3S. The molecule has 3 rings (SSSR count). The molecule has 5 nitrogen and oxygen atoms in total. The second kappa shape index (κ2) is 8.85. The highest BCUT2D eigenvalue weighted by Gasteiger charge is 2.29. The van der Waals surface area contributed by atoms with E-state index in [1.807, 2.05) is 36.4 Å². The van der Waals surface area contributed by atoms with Gasteiger partial charge in [-0.2, -0.15) is 5.26 Å². The van der Waals surface area contributed by atoms with Crippen LogP contribution in [0.2, 0.25) is 0 Å². The number of esters is 1. The number of fused-ring (bicyclic) bond motifs is 1. The molecule has 0 saturated heterocycles. The standard InChI is InChI=1S/C22H22N2O3S/c1-3-27-22(26)19-17-10-9-14(2)11-18(17)28-21(19)24-20(25)16(13-23)12-15-7-5-4-6-8-15/h4-8,12,14H,3,9-11H2,1-2H3,(H,24,25)/b16-12-/t14-/m1/s1. The first-order valence-corrected chi connectivity index (χ1v) is 10.1. The lowest BCUT2D eigenvalue weighted by atomic mass is 9.88. The Labute approximate surface area is 168 Å². The second-order valence-electron chi connectivity index (χ2n) is 6.81. The number of benzene rings is 1. The number of rotatable bonds is 5. The summed E-state index contributed by atoms with van der Waals surface area (Å²) in [6.07, 6.45) is 4.21. The van der Waals surface area contributed by atoms with Crippen molar-refractivity contribution in [3.05, 3.63) is 57.5 Å². The molecule has 1 aromatic heterocycles. The van der Waals surface area contributed by atoms with Gasteiger partial charge in [0.05, 0.1) is 12.2 Å². The number of amides is 1. The molecule has 144 valence electrons. The van der Waals surface area contributed by atoms with Crippen molar-refractivity contribution in [1.29, 1.82) is 5.26 Å². The maximum absolute atomic E-state index is 12.7. The lowest BCUT2D eigenvalue weighted by Crippen LogP contribution is -2.17. The Bertz CT molecular complexity index is 954. The maximum atomic E-state index is 12.7. The molecule has 1 N–H and O–H groups in total. The first-order chi connectivity index (χ1) is 13.5. The van der Waals surface area contributed by atoms with E-state index in [1.54, 1.807) is 6.92 Å². The predicted molar refractivity (Wildman–Crippen MR) is 110 cm³/mol. The van der Waals surface area contributed by atoms with Crippen molar-refractivity contribution in [3.8, 4) is 6.07 Å². The molecule has 1 amide bonds. The van der Waals surface area contributed by atoms with Crippen molar-refractivity contribution in [1.82, 2.24) is 0 Å². The Morgan fingerprint density at radius 3 is 2.79 bits per heavy atom. The van der Waals surface area contributed by atoms with Gasteiger partial charge in [0.15, 0.2) is 0 Å². The first kappa shape index (κ1) is 19.8. The Kier molecular flexibility index (Phi) is 6.27. The highest BCUT2D eigenvalue weighted by Crippen LogP contribution is 2.40. The third-order valence-corrected chi connectivity index (χ3v) is 5.86. The summed E-state index contributed by atoms with van der Waals surface area (Å²) in [7, 11) is 0. The minimum atomic E-state index is -0.524. The molecule has 0 spiro atoms. The summed E-state index contributed by atoms with van der Waals surface area (Å²) in [5.74, 6) is -0.406. The van der Waals surface area contributed by atoms with Crippen LogP contribution < -0.4 is 5.32 Å². The van der Waals surface area contributed by atoms with Gasteiger partial charge in [-0.15, -0.1) is 11.3 Å². The molecule has 1 heterocycles. The van der Waals surface area contributed by atoms with Gasteiger partial charge in [0.1, 0.15) is 16.6 Å². The molecule has 0 bridgehead atoms. The fourth-order valence-corrected chi connectivity index (χ4v) is 4.69. The summed E-state index contributed by atoms with van der Waals surface area (Å²) in [6.45, 7) is 4.21. The van der Waals surface area contributed by atoms with Gasteiger partial charge in [-0.1, -0.05) is 37.3 Å². The lowest BCUT2D eigenvalue weighted by molar-refractivity contribution is -0.112. The number of hydrogen-bond donors (Lipinski definition) is 1. The number of anilines is 1. The number of nitrogens with zero attached hydrogens (tertiary/aromatic N) is 1. The highest BCUT2D eigenvalue weighted by atomic mass is 32.1. The monoisotopic (exact) mass is 394 g/mol. The summed E-state index contributed by atoms with van der Waals surface area (Å²) in [4.78, 5) is 26.4. The minimum Gasteiger partial charge on any atom is -0.462 e. The SMILES string of the molecule is CCOC(=O)c1c(NC(=O)/C(C#N)=C\c2ccccc2)sc2c1CC[C@@H](C)C2. The van der Waals surface area contributed by atoms with Crippen molar-refractivity contribution in [2.75, 3.05) is 11.9 Å². The molecular weight excluding hydrogens is 372 g/mol. The van der Waals surface area contributed by atoms with Crippen LogP contribution in [0, 0.1) is 17.2 Å². The zero-order valence-electron chi connectivity index (χ0n) is 16.0. The Balaban J connectivity index is 1.92. The molecule has 0 radical (unpaired) electrons. The molecule has 1 aliphatic carbocycles. The molecule has 2 aromatic rings. The van der Waals surface area contributed by atoms with Gasteiger partial charge < -0.3 is 10.1 Å². The highest BCUT2D eigenvalue weighted by molar-refractivity contribution is 7.17. The fraction of sp³-hybridized carbons (Fsp3) is 0.318. The summed E-state index contributed by atoms with van der Waals surface area (Å²) >= 11 is 1.41. The van der Waals surface area contributed by atoms with Crippen molar-refractivity contribution in [2.45, 2.75) is 33.1 Å². The van der Waals surface area contributed by atoms with E-state index < -0.39 is 11.9 Å². The van der Waals surface area contributed by atoms with Gasteiger partial charge in [0, 0.05) is 4.88 Å². The van der Waals surface area contributed by atoms with E-state index in [0.717, 1.165) is 35.3 Å². The third kappa shape index (κ3) is 4.32. The first-order valence-electron chi connectivity index (χ1n) is 9.33. The largest absolute Gasteiger partial charge is 0.462 e. The molecule has 0 aliphatic heterocycles. The summed E-state index contributed by atoms with van der Waals surface area (Å²) in [6, 6.07) is 11.1. The quantitative estimate of drug-likeness (QED) is 0.457. The summed E-state index contributed by atoms with van der Waals surface area (Å²) in [5, 5.41) is 12.7. The molecule has 0 unspecified atom stereocenters. The molecule has 1 atom stereocenters. The van der Waals surface area contributed by atoms with E-state index >= 15 is 0 Å². The van der Waals surface area contributed by atoms with Crippen LogP contribution in [0.15, 0.2) is 35.9 Å². The average molecular weight is 394 g/mol. The van der Waals surface area contributed by atoms with E-state index in [1.165, 1.54) is 17.4 Å². The molecule has 1 aliphatic rings. The smallest absolute Gasteiger partial charge is 0.341 e. The van der Waals surface area contributed by atoms with Crippen molar-refractivity contribution >= 4 is 34.3 Å². The van der Waals surface area contributed by atoms with E-state index in [4.69, 9.17) is 4.74 Å². The fourth-order valence-electron chi connectivity index (χ4n) is 3.29. The average Bonchev–Trinajstić information content (AvgIpc) is 3.03. The van der Waals surface area contributed by atoms with Crippen molar-refractivity contribution in [2.24, 2.45) is 5.92 Å². The second-order valence-corrected chi connectivity index (χ2v) is 7.92. The number of thiophene rings is 1. The van der Waals surface area contributed by atoms with Crippen LogP contribution in [0.4, 0.5) is 5.00 Å².